The third-order valence-electron chi connectivity index (χ3n) is 4.05. The van der Waals surface area contributed by atoms with E-state index in [1.54, 1.807) is 4.68 Å². The number of carbonyl (C=O) groups is 2. The highest BCUT2D eigenvalue weighted by atomic mass is 16.4. The Balaban J connectivity index is 1.67. The SMILES string of the molecule is O=C(O)CCCNC(=O)Nc1cc(CC2CC2)nn1-c1ccccc1. The lowest BCUT2D eigenvalue weighted by molar-refractivity contribution is -0.137. The lowest BCUT2D eigenvalue weighted by Gasteiger charge is -2.09. The molecule has 1 aliphatic carbocycles. The van der Waals surface area contributed by atoms with Crippen molar-refractivity contribution in [2.75, 3.05) is 11.9 Å². The van der Waals surface area contributed by atoms with Gasteiger partial charge in [0.25, 0.3) is 0 Å². The van der Waals surface area contributed by atoms with Crippen LogP contribution in [0.25, 0.3) is 5.69 Å². The number of urea groups is 1. The topological polar surface area (TPSA) is 96.2 Å². The predicted octanol–water partition coefficient (Wildman–Crippen LogP) is 2.81. The van der Waals surface area contributed by atoms with Gasteiger partial charge in [-0.1, -0.05) is 18.2 Å². The summed E-state index contributed by atoms with van der Waals surface area (Å²) < 4.78 is 1.73. The van der Waals surface area contributed by atoms with Gasteiger partial charge in [0.05, 0.1) is 11.4 Å². The molecule has 1 aromatic heterocycles. The quantitative estimate of drug-likeness (QED) is 0.643. The average molecular weight is 342 g/mol. The van der Waals surface area contributed by atoms with Gasteiger partial charge in [0.2, 0.25) is 0 Å². The third kappa shape index (κ3) is 5.07. The van der Waals surface area contributed by atoms with Gasteiger partial charge >= 0.3 is 12.0 Å². The number of amides is 2. The number of hydrogen-bond acceptors (Lipinski definition) is 3. The number of benzene rings is 1. The maximum atomic E-state index is 12.1. The number of para-hydroxylation sites is 1. The molecule has 7 heteroatoms. The van der Waals surface area contributed by atoms with Gasteiger partial charge in [-0.3, -0.25) is 10.1 Å². The molecule has 25 heavy (non-hydrogen) atoms. The van der Waals surface area contributed by atoms with Gasteiger partial charge in [-0.25, -0.2) is 9.48 Å². The smallest absolute Gasteiger partial charge is 0.320 e. The molecule has 1 saturated carbocycles. The minimum Gasteiger partial charge on any atom is -0.481 e. The number of carbonyl (C=O) groups excluding carboxylic acids is 1. The number of rotatable bonds is 8. The molecule has 0 bridgehead atoms. The molecule has 3 rings (SSSR count). The Hall–Kier alpha value is -2.83. The number of nitrogens with one attached hydrogen (secondary N) is 2. The number of carboxylic acids is 1. The van der Waals surface area contributed by atoms with E-state index < -0.39 is 5.97 Å². The highest BCUT2D eigenvalue weighted by Gasteiger charge is 2.24. The molecule has 1 aromatic carbocycles. The summed E-state index contributed by atoms with van der Waals surface area (Å²) in [6, 6.07) is 11.2. The van der Waals surface area contributed by atoms with E-state index in [4.69, 9.17) is 5.11 Å². The van der Waals surface area contributed by atoms with Crippen LogP contribution in [0.3, 0.4) is 0 Å². The van der Waals surface area contributed by atoms with Gasteiger partial charge in [-0.2, -0.15) is 5.10 Å². The van der Waals surface area contributed by atoms with Crippen molar-refractivity contribution in [3.63, 3.8) is 0 Å². The zero-order valence-electron chi connectivity index (χ0n) is 13.9. The molecule has 3 N–H and O–H groups in total. The minimum atomic E-state index is -0.867. The van der Waals surface area contributed by atoms with E-state index in [1.165, 1.54) is 12.8 Å². The van der Waals surface area contributed by atoms with Crippen molar-refractivity contribution in [3.8, 4) is 5.69 Å². The maximum absolute atomic E-state index is 12.1. The van der Waals surface area contributed by atoms with E-state index in [9.17, 15) is 9.59 Å². The summed E-state index contributed by atoms with van der Waals surface area (Å²) in [5.41, 5.74) is 1.85. The van der Waals surface area contributed by atoms with Crippen LogP contribution in [0, 0.1) is 5.92 Å². The Bertz CT molecular complexity index is 738. The van der Waals surface area contributed by atoms with Crippen LogP contribution in [0.4, 0.5) is 10.6 Å². The van der Waals surface area contributed by atoms with Crippen LogP contribution in [0.2, 0.25) is 0 Å². The lowest BCUT2D eigenvalue weighted by atomic mass is 10.2. The number of aromatic nitrogens is 2. The van der Waals surface area contributed by atoms with E-state index in [2.05, 4.69) is 15.7 Å². The fourth-order valence-corrected chi connectivity index (χ4v) is 2.60. The van der Waals surface area contributed by atoms with E-state index in [-0.39, 0.29) is 12.5 Å². The van der Waals surface area contributed by atoms with E-state index in [0.717, 1.165) is 17.8 Å². The average Bonchev–Trinajstić information content (AvgIpc) is 3.32. The fraction of sp³-hybridized carbons (Fsp3) is 0.389. The summed E-state index contributed by atoms with van der Waals surface area (Å²) in [5, 5.41) is 18.7. The lowest BCUT2D eigenvalue weighted by Crippen LogP contribution is -2.30. The molecule has 0 unspecified atom stereocenters. The van der Waals surface area contributed by atoms with Gasteiger partial charge in [-0.15, -0.1) is 0 Å². The molecule has 2 amide bonds. The maximum Gasteiger partial charge on any atom is 0.320 e. The van der Waals surface area contributed by atoms with Gasteiger partial charge < -0.3 is 10.4 Å². The van der Waals surface area contributed by atoms with Gasteiger partial charge in [0.1, 0.15) is 5.82 Å². The molecular formula is C18H22N4O3. The van der Waals surface area contributed by atoms with Crippen molar-refractivity contribution in [2.45, 2.75) is 32.1 Å². The highest BCUT2D eigenvalue weighted by Crippen LogP contribution is 2.33. The second kappa shape index (κ2) is 7.83. The predicted molar refractivity (Wildman–Crippen MR) is 93.9 cm³/mol. The normalized spacial score (nSPS) is 13.4. The van der Waals surface area contributed by atoms with Gasteiger partial charge in [0, 0.05) is 19.0 Å². The van der Waals surface area contributed by atoms with Crippen LogP contribution in [0.5, 0.6) is 0 Å². The minimum absolute atomic E-state index is 0.0355. The van der Waals surface area contributed by atoms with Crippen LogP contribution < -0.4 is 10.6 Å². The van der Waals surface area contributed by atoms with Crippen LogP contribution in [-0.2, 0) is 11.2 Å². The first-order chi connectivity index (χ1) is 12.1. The standard InChI is InChI=1S/C18H22N4O3/c23-17(24)7-4-10-19-18(25)20-16-12-14(11-13-8-9-13)21-22(16)15-5-2-1-3-6-15/h1-3,5-6,12-13H,4,7-11H2,(H,23,24)(H2,19,20,25). The first kappa shape index (κ1) is 17.0. The molecule has 132 valence electrons. The molecule has 0 saturated heterocycles. The number of carboxylic acid groups (broad SMARTS) is 1. The molecule has 0 spiro atoms. The summed E-state index contributed by atoms with van der Waals surface area (Å²) in [7, 11) is 0. The van der Waals surface area contributed by atoms with Crippen LogP contribution in [-0.4, -0.2) is 33.4 Å². The number of aliphatic carboxylic acids is 1. The van der Waals surface area contributed by atoms with Crippen molar-refractivity contribution < 1.29 is 14.7 Å². The van der Waals surface area contributed by atoms with Gasteiger partial charge in [0.15, 0.2) is 0 Å². The van der Waals surface area contributed by atoms with Crippen molar-refractivity contribution in [1.82, 2.24) is 15.1 Å². The van der Waals surface area contributed by atoms with E-state index >= 15 is 0 Å². The summed E-state index contributed by atoms with van der Waals surface area (Å²) in [6.07, 6.45) is 3.84. The molecule has 1 heterocycles. The molecule has 0 aliphatic heterocycles. The molecule has 0 radical (unpaired) electrons. The van der Waals surface area contributed by atoms with Crippen molar-refractivity contribution >= 4 is 17.8 Å². The Morgan fingerprint density at radius 2 is 2.00 bits per heavy atom. The second-order valence-electron chi connectivity index (χ2n) is 6.29. The fourth-order valence-electron chi connectivity index (χ4n) is 2.60. The number of hydrogen-bond donors (Lipinski definition) is 3. The first-order valence-corrected chi connectivity index (χ1v) is 8.53. The molecule has 2 aromatic rings. The Kier molecular flexibility index (Phi) is 5.33. The summed E-state index contributed by atoms with van der Waals surface area (Å²) in [5.74, 6) is 0.448. The summed E-state index contributed by atoms with van der Waals surface area (Å²) >= 11 is 0. The molecular weight excluding hydrogens is 320 g/mol. The van der Waals surface area contributed by atoms with Crippen molar-refractivity contribution in [2.24, 2.45) is 5.92 Å². The Labute approximate surface area is 146 Å². The molecule has 1 aliphatic rings. The zero-order valence-corrected chi connectivity index (χ0v) is 13.9. The van der Waals surface area contributed by atoms with E-state index in [0.29, 0.717) is 24.7 Å². The Morgan fingerprint density at radius 3 is 2.68 bits per heavy atom. The highest BCUT2D eigenvalue weighted by molar-refractivity contribution is 5.88. The largest absolute Gasteiger partial charge is 0.481 e. The monoisotopic (exact) mass is 342 g/mol. The summed E-state index contributed by atoms with van der Waals surface area (Å²) in [4.78, 5) is 22.6. The summed E-state index contributed by atoms with van der Waals surface area (Å²) in [6.45, 7) is 0.312. The van der Waals surface area contributed by atoms with Crippen LogP contribution in [0.15, 0.2) is 36.4 Å². The first-order valence-electron chi connectivity index (χ1n) is 8.53. The number of anilines is 1. The van der Waals surface area contributed by atoms with Crippen molar-refractivity contribution in [1.29, 1.82) is 0 Å². The molecule has 0 atom stereocenters. The second-order valence-corrected chi connectivity index (χ2v) is 6.29. The van der Waals surface area contributed by atoms with E-state index in [1.807, 2.05) is 36.4 Å². The van der Waals surface area contributed by atoms with Crippen LogP contribution >= 0.6 is 0 Å². The number of nitrogens with zero attached hydrogens (tertiary/aromatic N) is 2. The van der Waals surface area contributed by atoms with Gasteiger partial charge in [-0.05, 0) is 43.7 Å². The molecule has 1 fully saturated rings. The third-order valence-corrected chi connectivity index (χ3v) is 4.05. The zero-order chi connectivity index (χ0) is 17.6. The molecule has 7 nitrogen and oxygen atoms in total. The Morgan fingerprint density at radius 1 is 1.24 bits per heavy atom. The van der Waals surface area contributed by atoms with Crippen LogP contribution in [0.1, 0.15) is 31.4 Å². The van der Waals surface area contributed by atoms with Crippen molar-refractivity contribution in [3.05, 3.63) is 42.1 Å².